The van der Waals surface area contributed by atoms with Crippen molar-refractivity contribution in [1.82, 2.24) is 0 Å². The summed E-state index contributed by atoms with van der Waals surface area (Å²) in [4.78, 5) is 0. The predicted octanol–water partition coefficient (Wildman–Crippen LogP) is 7.33. The second-order valence-electron chi connectivity index (χ2n) is 9.44. The third-order valence-corrected chi connectivity index (χ3v) is 7.85. The Morgan fingerprint density at radius 3 is 2.00 bits per heavy atom. The molecule has 2 heteroatoms. The maximum atomic E-state index is 9.95. The third-order valence-electron chi connectivity index (χ3n) is 7.85. The minimum atomic E-state index is 0.144. The normalized spacial score (nSPS) is 26.0. The van der Waals surface area contributed by atoms with Crippen LogP contribution in [0.5, 0.6) is 0 Å². The molecule has 0 saturated heterocycles. The van der Waals surface area contributed by atoms with Gasteiger partial charge in [0.15, 0.2) is 0 Å². The molecule has 3 fully saturated rings. The zero-order valence-corrected chi connectivity index (χ0v) is 17.9. The SMILES string of the molecule is CCCCCCC12CCC(c3ccc(CCCC)c(C#N)c3C#N)(CC1)CC2. The summed E-state index contributed by atoms with van der Waals surface area (Å²) in [5.74, 6) is 0. The molecule has 2 bridgehead atoms. The van der Waals surface area contributed by atoms with Gasteiger partial charge in [-0.05, 0) is 79.7 Å². The maximum Gasteiger partial charge on any atom is 0.101 e. The Hall–Kier alpha value is -1.80. The van der Waals surface area contributed by atoms with Crippen LogP contribution in [0.3, 0.4) is 0 Å². The molecule has 1 aromatic rings. The zero-order valence-electron chi connectivity index (χ0n) is 17.9. The highest BCUT2D eigenvalue weighted by Crippen LogP contribution is 2.60. The second kappa shape index (κ2) is 9.13. The number of rotatable bonds is 9. The first kappa shape index (κ1) is 20.9. The molecule has 0 radical (unpaired) electrons. The Morgan fingerprint density at radius 2 is 1.43 bits per heavy atom. The monoisotopic (exact) mass is 376 g/mol. The van der Waals surface area contributed by atoms with Crippen LogP contribution >= 0.6 is 0 Å². The quantitative estimate of drug-likeness (QED) is 0.423. The number of benzene rings is 1. The van der Waals surface area contributed by atoms with Gasteiger partial charge in [-0.1, -0.05) is 58.1 Å². The van der Waals surface area contributed by atoms with E-state index >= 15 is 0 Å². The summed E-state index contributed by atoms with van der Waals surface area (Å²) in [6.45, 7) is 4.45. The third kappa shape index (κ3) is 3.98. The first-order valence-corrected chi connectivity index (χ1v) is 11.6. The van der Waals surface area contributed by atoms with Crippen LogP contribution in [0.25, 0.3) is 0 Å². The summed E-state index contributed by atoms with van der Waals surface area (Å²) < 4.78 is 0. The molecule has 28 heavy (non-hydrogen) atoms. The lowest BCUT2D eigenvalue weighted by molar-refractivity contribution is 0.0303. The topological polar surface area (TPSA) is 47.6 Å². The van der Waals surface area contributed by atoms with Gasteiger partial charge in [-0.25, -0.2) is 0 Å². The van der Waals surface area contributed by atoms with E-state index in [1.807, 2.05) is 0 Å². The van der Waals surface area contributed by atoms with Crippen molar-refractivity contribution >= 4 is 0 Å². The second-order valence-corrected chi connectivity index (χ2v) is 9.44. The van der Waals surface area contributed by atoms with Gasteiger partial charge in [-0.15, -0.1) is 0 Å². The average molecular weight is 377 g/mol. The molecular formula is C26H36N2. The smallest absolute Gasteiger partial charge is 0.101 e. The molecule has 0 N–H and O–H groups in total. The largest absolute Gasteiger partial charge is 0.192 e. The van der Waals surface area contributed by atoms with E-state index in [0.29, 0.717) is 16.5 Å². The first-order valence-electron chi connectivity index (χ1n) is 11.6. The van der Waals surface area contributed by atoms with Gasteiger partial charge in [-0.2, -0.15) is 10.5 Å². The maximum absolute atomic E-state index is 9.95. The van der Waals surface area contributed by atoms with E-state index in [9.17, 15) is 10.5 Å². The van der Waals surface area contributed by atoms with Crippen molar-refractivity contribution in [3.63, 3.8) is 0 Å². The van der Waals surface area contributed by atoms with Crippen LogP contribution in [0.2, 0.25) is 0 Å². The van der Waals surface area contributed by atoms with Crippen molar-refractivity contribution in [1.29, 1.82) is 10.5 Å². The highest BCUT2D eigenvalue weighted by atomic mass is 14.5. The van der Waals surface area contributed by atoms with E-state index in [0.717, 1.165) is 24.8 Å². The van der Waals surface area contributed by atoms with Crippen LogP contribution in [0.4, 0.5) is 0 Å². The molecule has 1 aromatic carbocycles. The number of nitrogens with zero attached hydrogens (tertiary/aromatic N) is 2. The summed E-state index contributed by atoms with van der Waals surface area (Å²) in [6.07, 6.45) is 17.5. The summed E-state index contributed by atoms with van der Waals surface area (Å²) in [5, 5.41) is 19.7. The zero-order chi connectivity index (χ0) is 20.0. The standard InChI is InChI=1S/C26H36N2/c1-3-5-7-8-12-25-13-16-26(17-14-25,18-15-25)24-11-10-21(9-6-4-2)22(19-27)23(24)20-28/h10-11H,3-9,12-18H2,1-2H3. The van der Waals surface area contributed by atoms with Crippen LogP contribution in [-0.2, 0) is 11.8 Å². The van der Waals surface area contributed by atoms with Gasteiger partial charge in [0, 0.05) is 0 Å². The predicted molar refractivity (Wildman–Crippen MR) is 115 cm³/mol. The average Bonchev–Trinajstić information content (AvgIpc) is 2.75. The van der Waals surface area contributed by atoms with Gasteiger partial charge < -0.3 is 0 Å². The summed E-state index contributed by atoms with van der Waals surface area (Å²) in [7, 11) is 0. The van der Waals surface area contributed by atoms with E-state index in [2.05, 4.69) is 38.1 Å². The molecule has 0 unspecified atom stereocenters. The van der Waals surface area contributed by atoms with E-state index < -0.39 is 0 Å². The highest BCUT2D eigenvalue weighted by Gasteiger charge is 2.49. The molecule has 0 heterocycles. The van der Waals surface area contributed by atoms with Crippen molar-refractivity contribution in [3.8, 4) is 12.1 Å². The molecule has 0 spiro atoms. The lowest BCUT2D eigenvalue weighted by Gasteiger charge is -2.54. The van der Waals surface area contributed by atoms with Gasteiger partial charge in [0.1, 0.15) is 12.1 Å². The number of fused-ring (bicyclic) bond motifs is 3. The Labute approximate surface area is 172 Å². The van der Waals surface area contributed by atoms with E-state index in [1.165, 1.54) is 76.2 Å². The summed E-state index contributed by atoms with van der Waals surface area (Å²) in [5.41, 5.74) is 4.31. The van der Waals surface area contributed by atoms with Gasteiger partial charge in [0.2, 0.25) is 0 Å². The van der Waals surface area contributed by atoms with Crippen LogP contribution in [0, 0.1) is 28.1 Å². The van der Waals surface area contributed by atoms with Crippen LogP contribution in [-0.4, -0.2) is 0 Å². The Morgan fingerprint density at radius 1 is 0.786 bits per heavy atom. The van der Waals surface area contributed by atoms with Crippen molar-refractivity contribution in [3.05, 3.63) is 34.4 Å². The minimum absolute atomic E-state index is 0.144. The molecule has 0 amide bonds. The number of aryl methyl sites for hydroxylation is 1. The first-order chi connectivity index (χ1) is 13.6. The van der Waals surface area contributed by atoms with E-state index in [-0.39, 0.29) is 5.41 Å². The Kier molecular flexibility index (Phi) is 6.82. The number of hydrogen-bond acceptors (Lipinski definition) is 2. The molecule has 3 saturated carbocycles. The fourth-order valence-electron chi connectivity index (χ4n) is 5.88. The molecule has 0 atom stereocenters. The Bertz CT molecular complexity index is 737. The van der Waals surface area contributed by atoms with E-state index in [4.69, 9.17) is 0 Å². The molecule has 2 nitrogen and oxygen atoms in total. The van der Waals surface area contributed by atoms with Crippen LogP contribution < -0.4 is 0 Å². The summed E-state index contributed by atoms with van der Waals surface area (Å²) >= 11 is 0. The Balaban J connectivity index is 1.80. The van der Waals surface area contributed by atoms with Gasteiger partial charge >= 0.3 is 0 Å². The lowest BCUT2D eigenvalue weighted by atomic mass is 9.50. The number of unbranched alkanes of at least 4 members (excludes halogenated alkanes) is 4. The van der Waals surface area contributed by atoms with Crippen LogP contribution in [0.15, 0.2) is 12.1 Å². The fraction of sp³-hybridized carbons (Fsp3) is 0.692. The molecule has 4 rings (SSSR count). The molecule has 0 aliphatic heterocycles. The van der Waals surface area contributed by atoms with Crippen molar-refractivity contribution in [2.24, 2.45) is 5.41 Å². The molecule has 3 aliphatic rings. The van der Waals surface area contributed by atoms with Gasteiger partial charge in [0.25, 0.3) is 0 Å². The number of nitriles is 2. The van der Waals surface area contributed by atoms with Gasteiger partial charge in [0.05, 0.1) is 11.1 Å². The molecule has 150 valence electrons. The minimum Gasteiger partial charge on any atom is -0.192 e. The molecular weight excluding hydrogens is 340 g/mol. The molecule has 0 aromatic heterocycles. The highest BCUT2D eigenvalue weighted by molar-refractivity contribution is 5.57. The molecule has 3 aliphatic carbocycles. The fourth-order valence-corrected chi connectivity index (χ4v) is 5.88. The van der Waals surface area contributed by atoms with Gasteiger partial charge in [-0.3, -0.25) is 0 Å². The van der Waals surface area contributed by atoms with Crippen molar-refractivity contribution in [2.45, 2.75) is 109 Å². The van der Waals surface area contributed by atoms with Crippen molar-refractivity contribution in [2.75, 3.05) is 0 Å². The van der Waals surface area contributed by atoms with E-state index in [1.54, 1.807) is 0 Å². The lowest BCUT2D eigenvalue weighted by Crippen LogP contribution is -2.44. The van der Waals surface area contributed by atoms with Crippen LogP contribution in [0.1, 0.15) is 120 Å². The summed E-state index contributed by atoms with van der Waals surface area (Å²) in [6, 6.07) is 9.19. The number of hydrogen-bond donors (Lipinski definition) is 0. The van der Waals surface area contributed by atoms with Crippen molar-refractivity contribution < 1.29 is 0 Å².